The Morgan fingerprint density at radius 1 is 1.06 bits per heavy atom. The van der Waals surface area contributed by atoms with E-state index in [2.05, 4.69) is 5.32 Å². The minimum absolute atomic E-state index is 0.0649. The zero-order valence-corrected chi connectivity index (χ0v) is 20.8. The maximum Gasteiger partial charge on any atom is 0.490 e. The highest BCUT2D eigenvalue weighted by atomic mass is 35.5. The van der Waals surface area contributed by atoms with Crippen LogP contribution < -0.4 is 5.32 Å². The van der Waals surface area contributed by atoms with Crippen molar-refractivity contribution in [2.75, 3.05) is 32.7 Å². The number of alkyl halides is 3. The fourth-order valence-electron chi connectivity index (χ4n) is 3.69. The predicted octanol–water partition coefficient (Wildman–Crippen LogP) is 4.05. The number of halogens is 4. The number of nitrogens with one attached hydrogen (secondary N) is 1. The molecule has 7 nitrogen and oxygen atoms in total. The second-order valence-corrected chi connectivity index (χ2v) is 8.85. The normalized spacial score (nSPS) is 13.4. The molecule has 1 heterocycles. The molecule has 196 valence electrons. The van der Waals surface area contributed by atoms with E-state index in [1.54, 1.807) is 4.90 Å². The van der Waals surface area contributed by atoms with E-state index in [-0.39, 0.29) is 11.8 Å². The molecular weight excluding hydrogens is 499 g/mol. The van der Waals surface area contributed by atoms with Crippen molar-refractivity contribution in [3.8, 4) is 0 Å². The quantitative estimate of drug-likeness (QED) is 0.591. The van der Waals surface area contributed by atoms with Crippen LogP contribution in [0.5, 0.6) is 0 Å². The molecule has 36 heavy (non-hydrogen) atoms. The molecule has 2 aromatic rings. The van der Waals surface area contributed by atoms with Crippen molar-refractivity contribution in [3.63, 3.8) is 0 Å². The lowest BCUT2D eigenvalue weighted by atomic mass is 10.1. The van der Waals surface area contributed by atoms with Gasteiger partial charge in [-0.3, -0.25) is 9.59 Å². The van der Waals surface area contributed by atoms with Gasteiger partial charge in [0, 0.05) is 56.3 Å². The molecule has 2 N–H and O–H groups in total. The van der Waals surface area contributed by atoms with E-state index in [1.165, 1.54) is 0 Å². The fourth-order valence-corrected chi connectivity index (χ4v) is 3.90. The molecule has 0 bridgehead atoms. The first kappa shape index (κ1) is 29.1. The summed E-state index contributed by atoms with van der Waals surface area (Å²) in [4.78, 5) is 38.4. The SMILES string of the molecule is Cc1cc(C)cc(C(=O)N(CCC(=O)N2CCNCC2)Cc2cccc(Cl)c2)c1.O=C(O)C(F)(F)F. The number of benzene rings is 2. The van der Waals surface area contributed by atoms with Crippen molar-refractivity contribution in [3.05, 3.63) is 69.7 Å². The van der Waals surface area contributed by atoms with Gasteiger partial charge in [0.15, 0.2) is 0 Å². The average Bonchev–Trinajstić information content (AvgIpc) is 2.81. The highest BCUT2D eigenvalue weighted by Crippen LogP contribution is 2.17. The van der Waals surface area contributed by atoms with Gasteiger partial charge in [0.25, 0.3) is 5.91 Å². The van der Waals surface area contributed by atoms with Gasteiger partial charge in [-0.15, -0.1) is 0 Å². The van der Waals surface area contributed by atoms with Gasteiger partial charge in [0.2, 0.25) is 5.91 Å². The number of aliphatic carboxylic acids is 1. The molecule has 0 saturated carbocycles. The van der Waals surface area contributed by atoms with Crippen molar-refractivity contribution in [2.24, 2.45) is 0 Å². The number of carboxylic acid groups (broad SMARTS) is 1. The molecule has 0 aromatic heterocycles. The van der Waals surface area contributed by atoms with Gasteiger partial charge >= 0.3 is 12.1 Å². The summed E-state index contributed by atoms with van der Waals surface area (Å²) in [6.07, 6.45) is -4.77. The van der Waals surface area contributed by atoms with Crippen molar-refractivity contribution in [1.82, 2.24) is 15.1 Å². The first-order chi connectivity index (χ1) is 16.9. The lowest BCUT2D eigenvalue weighted by Crippen LogP contribution is -2.47. The highest BCUT2D eigenvalue weighted by Gasteiger charge is 2.38. The Labute approximate surface area is 212 Å². The zero-order valence-electron chi connectivity index (χ0n) is 20.1. The summed E-state index contributed by atoms with van der Waals surface area (Å²) in [5.41, 5.74) is 3.70. The number of carbonyl (C=O) groups is 3. The van der Waals surface area contributed by atoms with Crippen LogP contribution in [0.3, 0.4) is 0 Å². The van der Waals surface area contributed by atoms with Gasteiger partial charge in [0.05, 0.1) is 0 Å². The largest absolute Gasteiger partial charge is 0.490 e. The van der Waals surface area contributed by atoms with Gasteiger partial charge in [-0.2, -0.15) is 13.2 Å². The van der Waals surface area contributed by atoms with E-state index in [4.69, 9.17) is 21.5 Å². The topological polar surface area (TPSA) is 90.0 Å². The molecule has 1 aliphatic heterocycles. The van der Waals surface area contributed by atoms with Gasteiger partial charge in [0.1, 0.15) is 0 Å². The highest BCUT2D eigenvalue weighted by molar-refractivity contribution is 6.30. The van der Waals surface area contributed by atoms with Crippen LogP contribution in [0.25, 0.3) is 0 Å². The molecule has 3 rings (SSSR count). The molecule has 0 spiro atoms. The number of rotatable bonds is 6. The van der Waals surface area contributed by atoms with Crippen LogP contribution in [-0.2, 0) is 16.1 Å². The summed E-state index contributed by atoms with van der Waals surface area (Å²) in [6.45, 7) is 7.84. The molecule has 2 amide bonds. The summed E-state index contributed by atoms with van der Waals surface area (Å²) in [7, 11) is 0. The molecule has 11 heteroatoms. The van der Waals surface area contributed by atoms with E-state index < -0.39 is 12.1 Å². The number of aryl methyl sites for hydroxylation is 2. The third-order valence-electron chi connectivity index (χ3n) is 5.33. The summed E-state index contributed by atoms with van der Waals surface area (Å²) < 4.78 is 31.7. The summed E-state index contributed by atoms with van der Waals surface area (Å²) in [5, 5.41) is 11.0. The molecular formula is C25H29ClF3N3O4. The molecule has 0 atom stereocenters. The van der Waals surface area contributed by atoms with Crippen LogP contribution in [0, 0.1) is 13.8 Å². The summed E-state index contributed by atoms with van der Waals surface area (Å²) in [6, 6.07) is 13.4. The van der Waals surface area contributed by atoms with Gasteiger partial charge in [-0.05, 0) is 43.7 Å². The number of carbonyl (C=O) groups excluding carboxylic acids is 2. The lowest BCUT2D eigenvalue weighted by Gasteiger charge is -2.29. The maximum atomic E-state index is 13.3. The molecule has 1 aliphatic rings. The number of piperazine rings is 1. The number of hydrogen-bond acceptors (Lipinski definition) is 4. The summed E-state index contributed by atoms with van der Waals surface area (Å²) in [5.74, 6) is -2.73. The monoisotopic (exact) mass is 527 g/mol. The minimum atomic E-state index is -5.08. The van der Waals surface area contributed by atoms with Gasteiger partial charge < -0.3 is 20.2 Å². The first-order valence-corrected chi connectivity index (χ1v) is 11.6. The molecule has 1 fully saturated rings. The number of nitrogens with zero attached hydrogens (tertiary/aromatic N) is 2. The van der Waals surface area contributed by atoms with Crippen molar-refractivity contribution in [1.29, 1.82) is 0 Å². The molecule has 0 aliphatic carbocycles. The van der Waals surface area contributed by atoms with E-state index >= 15 is 0 Å². The Balaban J connectivity index is 0.000000572. The molecule has 0 radical (unpaired) electrons. The predicted molar refractivity (Wildman–Crippen MR) is 130 cm³/mol. The Morgan fingerprint density at radius 2 is 1.64 bits per heavy atom. The van der Waals surface area contributed by atoms with Gasteiger partial charge in [-0.1, -0.05) is 40.9 Å². The Hall–Kier alpha value is -3.11. The van der Waals surface area contributed by atoms with Gasteiger partial charge in [-0.25, -0.2) is 4.79 Å². The van der Waals surface area contributed by atoms with E-state index in [0.717, 1.165) is 42.9 Å². The number of hydrogen-bond donors (Lipinski definition) is 2. The van der Waals surface area contributed by atoms with Crippen LogP contribution in [0.1, 0.15) is 33.5 Å². The zero-order chi connectivity index (χ0) is 26.9. The van der Waals surface area contributed by atoms with Crippen molar-refractivity contribution in [2.45, 2.75) is 33.0 Å². The van der Waals surface area contributed by atoms with Crippen molar-refractivity contribution < 1.29 is 32.7 Å². The fraction of sp³-hybridized carbons (Fsp3) is 0.400. The van der Waals surface area contributed by atoms with Crippen molar-refractivity contribution >= 4 is 29.4 Å². The lowest BCUT2D eigenvalue weighted by molar-refractivity contribution is -0.192. The third kappa shape index (κ3) is 9.50. The van der Waals surface area contributed by atoms with Crippen LogP contribution in [0.4, 0.5) is 13.2 Å². The van der Waals surface area contributed by atoms with Crippen LogP contribution >= 0.6 is 11.6 Å². The first-order valence-electron chi connectivity index (χ1n) is 11.3. The van der Waals surface area contributed by atoms with Crippen LogP contribution in [0.15, 0.2) is 42.5 Å². The van der Waals surface area contributed by atoms with E-state index in [9.17, 15) is 22.8 Å². The third-order valence-corrected chi connectivity index (χ3v) is 5.56. The summed E-state index contributed by atoms with van der Waals surface area (Å²) >= 11 is 6.13. The molecule has 0 unspecified atom stereocenters. The number of amides is 2. The van der Waals surface area contributed by atoms with E-state index in [1.807, 2.05) is 61.2 Å². The maximum absolute atomic E-state index is 13.3. The second-order valence-electron chi connectivity index (χ2n) is 8.42. The standard InChI is InChI=1S/C23H28ClN3O2.C2HF3O2/c1-17-12-18(2)14-20(13-17)23(29)27(16-19-4-3-5-21(24)15-19)9-6-22(28)26-10-7-25-8-11-26;3-2(4,5)1(6)7/h3-5,12-15,25H,6-11,16H2,1-2H3;(H,6,7). The Bertz CT molecular complexity index is 1050. The Morgan fingerprint density at radius 3 is 2.17 bits per heavy atom. The Kier molecular flexibility index (Phi) is 10.7. The average molecular weight is 528 g/mol. The molecule has 1 saturated heterocycles. The number of carboxylic acids is 1. The van der Waals surface area contributed by atoms with E-state index in [0.29, 0.717) is 30.1 Å². The minimum Gasteiger partial charge on any atom is -0.475 e. The van der Waals surface area contributed by atoms with Crippen LogP contribution in [0.2, 0.25) is 5.02 Å². The smallest absolute Gasteiger partial charge is 0.475 e. The second kappa shape index (κ2) is 13.3. The molecule has 2 aromatic carbocycles. The van der Waals surface area contributed by atoms with Crippen LogP contribution in [-0.4, -0.2) is 71.6 Å².